The van der Waals surface area contributed by atoms with Gasteiger partial charge in [-0.25, -0.2) is 4.79 Å². The van der Waals surface area contributed by atoms with Gasteiger partial charge in [-0.1, -0.05) is 44.2 Å². The van der Waals surface area contributed by atoms with Gasteiger partial charge >= 0.3 is 5.97 Å². The molecule has 0 saturated carbocycles. The number of carboxylic acids is 1. The lowest BCUT2D eigenvalue weighted by atomic mass is 9.97. The van der Waals surface area contributed by atoms with Crippen molar-refractivity contribution in [2.24, 2.45) is 5.92 Å². The maximum absolute atomic E-state index is 12.5. The molecule has 0 aliphatic rings. The Morgan fingerprint density at radius 2 is 1.71 bits per heavy atom. The second-order valence-corrected chi connectivity index (χ2v) is 6.08. The van der Waals surface area contributed by atoms with Crippen LogP contribution in [0.25, 0.3) is 11.1 Å². The van der Waals surface area contributed by atoms with Gasteiger partial charge in [-0.05, 0) is 42.7 Å². The Bertz CT molecular complexity index is 751. The molecular formula is C20H23NO3. The molecule has 0 spiro atoms. The van der Waals surface area contributed by atoms with Gasteiger partial charge in [0.1, 0.15) is 0 Å². The van der Waals surface area contributed by atoms with E-state index in [-0.39, 0.29) is 17.4 Å². The van der Waals surface area contributed by atoms with Crippen LogP contribution in [0.1, 0.15) is 36.7 Å². The fraction of sp³-hybridized carbons (Fsp3) is 0.300. The van der Waals surface area contributed by atoms with Crippen LogP contribution in [0, 0.1) is 12.8 Å². The van der Waals surface area contributed by atoms with E-state index in [0.717, 1.165) is 11.1 Å². The highest BCUT2D eigenvalue weighted by atomic mass is 16.4. The third kappa shape index (κ3) is 3.48. The monoisotopic (exact) mass is 325 g/mol. The first-order valence-electron chi connectivity index (χ1n) is 8.11. The van der Waals surface area contributed by atoms with Crippen LogP contribution in [0.2, 0.25) is 0 Å². The average molecular weight is 325 g/mol. The van der Waals surface area contributed by atoms with E-state index in [4.69, 9.17) is 0 Å². The number of aromatic carboxylic acids is 1. The molecule has 0 unspecified atom stereocenters. The number of carbonyl (C=O) groups excluding carboxylic acids is 1. The van der Waals surface area contributed by atoms with Gasteiger partial charge in [0.15, 0.2) is 0 Å². The first kappa shape index (κ1) is 17.7. The molecule has 126 valence electrons. The smallest absolute Gasteiger partial charge is 0.336 e. The van der Waals surface area contributed by atoms with Crippen molar-refractivity contribution in [3.63, 3.8) is 0 Å². The van der Waals surface area contributed by atoms with E-state index >= 15 is 0 Å². The van der Waals surface area contributed by atoms with Crippen LogP contribution in [0.4, 0.5) is 5.69 Å². The Balaban J connectivity index is 2.68. The summed E-state index contributed by atoms with van der Waals surface area (Å²) in [6, 6.07) is 13.2. The highest BCUT2D eigenvalue weighted by Crippen LogP contribution is 2.31. The van der Waals surface area contributed by atoms with Crippen LogP contribution in [-0.4, -0.2) is 23.5 Å². The SMILES string of the molecule is CCN(C(=O)C(C)C)c1cc(-c2ccccc2)cc(C(=O)O)c1C. The standard InChI is InChI=1S/C20H23NO3/c1-5-21(19(22)13(2)3)18-12-16(15-9-7-6-8-10-15)11-17(14(18)4)20(23)24/h6-13H,5H2,1-4H3,(H,23,24). The lowest BCUT2D eigenvalue weighted by Gasteiger charge is -2.26. The molecule has 4 heteroatoms. The Labute approximate surface area is 142 Å². The van der Waals surface area contributed by atoms with Crippen LogP contribution in [0.3, 0.4) is 0 Å². The summed E-state index contributed by atoms with van der Waals surface area (Å²) in [7, 11) is 0. The normalized spacial score (nSPS) is 10.7. The van der Waals surface area contributed by atoms with Crippen molar-refractivity contribution in [3.8, 4) is 11.1 Å². The molecule has 0 radical (unpaired) electrons. The summed E-state index contributed by atoms with van der Waals surface area (Å²) in [6.07, 6.45) is 0. The Hall–Kier alpha value is -2.62. The molecule has 0 aromatic heterocycles. The second-order valence-electron chi connectivity index (χ2n) is 6.08. The topological polar surface area (TPSA) is 57.6 Å². The van der Waals surface area contributed by atoms with Crippen LogP contribution in [-0.2, 0) is 4.79 Å². The van der Waals surface area contributed by atoms with Crippen molar-refractivity contribution in [1.29, 1.82) is 0 Å². The van der Waals surface area contributed by atoms with Crippen LogP contribution in [0.5, 0.6) is 0 Å². The lowest BCUT2D eigenvalue weighted by Crippen LogP contribution is -2.34. The summed E-state index contributed by atoms with van der Waals surface area (Å²) < 4.78 is 0. The number of amides is 1. The zero-order valence-corrected chi connectivity index (χ0v) is 14.5. The predicted octanol–water partition coefficient (Wildman–Crippen LogP) is 4.37. The zero-order valence-electron chi connectivity index (χ0n) is 14.5. The molecule has 0 fully saturated rings. The van der Waals surface area contributed by atoms with Gasteiger partial charge < -0.3 is 10.0 Å². The van der Waals surface area contributed by atoms with Crippen LogP contribution < -0.4 is 4.90 Å². The summed E-state index contributed by atoms with van der Waals surface area (Å²) in [5, 5.41) is 9.56. The van der Waals surface area contributed by atoms with Gasteiger partial charge in [0.2, 0.25) is 5.91 Å². The van der Waals surface area contributed by atoms with E-state index in [2.05, 4.69) is 0 Å². The average Bonchev–Trinajstić information content (AvgIpc) is 2.57. The molecule has 0 aliphatic carbocycles. The minimum absolute atomic E-state index is 0.0119. The number of hydrogen-bond donors (Lipinski definition) is 1. The van der Waals surface area contributed by atoms with Gasteiger partial charge in [-0.3, -0.25) is 4.79 Å². The van der Waals surface area contributed by atoms with E-state index in [1.54, 1.807) is 17.9 Å². The fourth-order valence-corrected chi connectivity index (χ4v) is 2.76. The molecule has 4 nitrogen and oxygen atoms in total. The Morgan fingerprint density at radius 1 is 1.08 bits per heavy atom. The second kappa shape index (κ2) is 7.30. The summed E-state index contributed by atoms with van der Waals surface area (Å²) in [6.45, 7) is 7.84. The third-order valence-electron chi connectivity index (χ3n) is 4.08. The van der Waals surface area contributed by atoms with Crippen molar-refractivity contribution in [2.45, 2.75) is 27.7 Å². The molecule has 0 bridgehead atoms. The molecule has 1 N–H and O–H groups in total. The largest absolute Gasteiger partial charge is 0.478 e. The molecular weight excluding hydrogens is 302 g/mol. The molecule has 0 atom stereocenters. The zero-order chi connectivity index (χ0) is 17.9. The minimum Gasteiger partial charge on any atom is -0.478 e. The van der Waals surface area contributed by atoms with Crippen molar-refractivity contribution in [1.82, 2.24) is 0 Å². The summed E-state index contributed by atoms with van der Waals surface area (Å²) in [5.41, 5.74) is 3.22. The maximum Gasteiger partial charge on any atom is 0.336 e. The predicted molar refractivity (Wildman–Crippen MR) is 96.4 cm³/mol. The maximum atomic E-state index is 12.5. The number of carbonyl (C=O) groups is 2. The molecule has 24 heavy (non-hydrogen) atoms. The van der Waals surface area contributed by atoms with E-state index in [0.29, 0.717) is 17.8 Å². The van der Waals surface area contributed by atoms with Gasteiger partial charge in [0, 0.05) is 18.2 Å². The van der Waals surface area contributed by atoms with Crippen molar-refractivity contribution >= 4 is 17.6 Å². The number of nitrogens with zero attached hydrogens (tertiary/aromatic N) is 1. The van der Waals surface area contributed by atoms with Gasteiger partial charge in [-0.2, -0.15) is 0 Å². The molecule has 0 saturated heterocycles. The minimum atomic E-state index is -0.986. The number of rotatable bonds is 5. The summed E-state index contributed by atoms with van der Waals surface area (Å²) >= 11 is 0. The number of anilines is 1. The first-order chi connectivity index (χ1) is 11.4. The Kier molecular flexibility index (Phi) is 5.39. The molecule has 2 rings (SSSR count). The number of benzene rings is 2. The molecule has 0 heterocycles. The van der Waals surface area contributed by atoms with E-state index < -0.39 is 5.97 Å². The summed E-state index contributed by atoms with van der Waals surface area (Å²) in [5.74, 6) is -1.15. The molecule has 2 aromatic rings. The molecule has 1 amide bonds. The number of hydrogen-bond acceptors (Lipinski definition) is 2. The van der Waals surface area contributed by atoms with Crippen molar-refractivity contribution in [2.75, 3.05) is 11.4 Å². The third-order valence-corrected chi connectivity index (χ3v) is 4.08. The van der Waals surface area contributed by atoms with Gasteiger partial charge in [-0.15, -0.1) is 0 Å². The van der Waals surface area contributed by atoms with Crippen LogP contribution >= 0.6 is 0 Å². The highest BCUT2D eigenvalue weighted by Gasteiger charge is 2.22. The highest BCUT2D eigenvalue weighted by molar-refractivity contribution is 6.00. The van der Waals surface area contributed by atoms with Crippen molar-refractivity contribution < 1.29 is 14.7 Å². The quantitative estimate of drug-likeness (QED) is 0.888. The number of carboxylic acid groups (broad SMARTS) is 1. The van der Waals surface area contributed by atoms with E-state index in [9.17, 15) is 14.7 Å². The summed E-state index contributed by atoms with van der Waals surface area (Å²) in [4.78, 5) is 25.9. The lowest BCUT2D eigenvalue weighted by molar-refractivity contribution is -0.121. The van der Waals surface area contributed by atoms with Crippen molar-refractivity contribution in [3.05, 3.63) is 53.6 Å². The van der Waals surface area contributed by atoms with E-state index in [1.807, 2.05) is 57.2 Å². The van der Waals surface area contributed by atoms with Gasteiger partial charge in [0.25, 0.3) is 0 Å². The van der Waals surface area contributed by atoms with Gasteiger partial charge in [0.05, 0.1) is 5.56 Å². The van der Waals surface area contributed by atoms with Crippen LogP contribution in [0.15, 0.2) is 42.5 Å². The first-order valence-corrected chi connectivity index (χ1v) is 8.11. The van der Waals surface area contributed by atoms with E-state index in [1.165, 1.54) is 0 Å². The molecule has 2 aromatic carbocycles. The Morgan fingerprint density at radius 3 is 2.21 bits per heavy atom. The fourth-order valence-electron chi connectivity index (χ4n) is 2.76. The molecule has 0 aliphatic heterocycles.